The van der Waals surface area contributed by atoms with E-state index in [2.05, 4.69) is 47.4 Å². The molecule has 1 amide bonds. The van der Waals surface area contributed by atoms with Crippen LogP contribution in [0, 0.1) is 0 Å². The van der Waals surface area contributed by atoms with Crippen molar-refractivity contribution in [3.63, 3.8) is 0 Å². The number of nitrogens with one attached hydrogen (secondary N) is 1. The Hall–Kier alpha value is -3.33. The molecule has 3 heteroatoms. The van der Waals surface area contributed by atoms with Crippen LogP contribution in [0.2, 0.25) is 0 Å². The molecule has 0 spiro atoms. The minimum Gasteiger partial charge on any atom is -0.355 e. The zero-order valence-corrected chi connectivity index (χ0v) is 16.0. The first-order valence-corrected chi connectivity index (χ1v) is 9.64. The molecule has 0 radical (unpaired) electrons. The standard InChI is InChI=1S/C25H24N2O/c1-27-18-21(22-14-8-9-15-23(22)27)16-17-26-25(28)24(19-10-4-2-5-11-19)20-12-6-3-7-13-20/h2-15,18,24H,16-17H2,1H3,(H,26,28). The SMILES string of the molecule is Cn1cc(CCNC(=O)C(c2ccccc2)c2ccccc2)c2ccccc21. The summed E-state index contributed by atoms with van der Waals surface area (Å²) < 4.78 is 2.14. The maximum atomic E-state index is 13.1. The normalized spacial score (nSPS) is 11.1. The van der Waals surface area contributed by atoms with Crippen molar-refractivity contribution >= 4 is 16.8 Å². The number of rotatable bonds is 6. The summed E-state index contributed by atoms with van der Waals surface area (Å²) in [5.74, 6) is -0.257. The van der Waals surface area contributed by atoms with Gasteiger partial charge in [0.25, 0.3) is 0 Å². The first kappa shape index (κ1) is 18.1. The number of para-hydroxylation sites is 1. The van der Waals surface area contributed by atoms with Crippen LogP contribution in [0.25, 0.3) is 10.9 Å². The number of carbonyl (C=O) groups is 1. The number of aryl methyl sites for hydroxylation is 1. The van der Waals surface area contributed by atoms with E-state index in [-0.39, 0.29) is 11.8 Å². The molecule has 0 fully saturated rings. The minimum atomic E-state index is -0.296. The van der Waals surface area contributed by atoms with Gasteiger partial charge >= 0.3 is 0 Å². The lowest BCUT2D eigenvalue weighted by molar-refractivity contribution is -0.121. The highest BCUT2D eigenvalue weighted by atomic mass is 16.1. The van der Waals surface area contributed by atoms with Gasteiger partial charge in [0, 0.05) is 30.7 Å². The Morgan fingerprint density at radius 3 is 2.07 bits per heavy atom. The first-order valence-electron chi connectivity index (χ1n) is 9.64. The lowest BCUT2D eigenvalue weighted by Gasteiger charge is -2.18. The largest absolute Gasteiger partial charge is 0.355 e. The molecule has 4 aromatic rings. The zero-order chi connectivity index (χ0) is 19.3. The van der Waals surface area contributed by atoms with Gasteiger partial charge in [0.1, 0.15) is 0 Å². The number of hydrogen-bond donors (Lipinski definition) is 1. The third kappa shape index (κ3) is 3.70. The van der Waals surface area contributed by atoms with Crippen molar-refractivity contribution in [1.29, 1.82) is 0 Å². The lowest BCUT2D eigenvalue weighted by Crippen LogP contribution is -2.31. The summed E-state index contributed by atoms with van der Waals surface area (Å²) in [4.78, 5) is 13.1. The summed E-state index contributed by atoms with van der Waals surface area (Å²) in [6, 6.07) is 28.3. The second-order valence-electron chi connectivity index (χ2n) is 7.08. The van der Waals surface area contributed by atoms with Crippen molar-refractivity contribution in [2.24, 2.45) is 7.05 Å². The number of fused-ring (bicyclic) bond motifs is 1. The van der Waals surface area contributed by atoms with Crippen molar-refractivity contribution in [2.75, 3.05) is 6.54 Å². The molecule has 0 saturated heterocycles. The molecule has 3 nitrogen and oxygen atoms in total. The van der Waals surface area contributed by atoms with Gasteiger partial charge in [0.2, 0.25) is 5.91 Å². The molecule has 28 heavy (non-hydrogen) atoms. The van der Waals surface area contributed by atoms with E-state index in [4.69, 9.17) is 0 Å². The molecule has 1 heterocycles. The molecule has 0 bridgehead atoms. The van der Waals surface area contributed by atoms with Crippen LogP contribution in [0.5, 0.6) is 0 Å². The monoisotopic (exact) mass is 368 g/mol. The average Bonchev–Trinajstić information content (AvgIpc) is 3.06. The van der Waals surface area contributed by atoms with Crippen LogP contribution in [0.15, 0.2) is 91.1 Å². The summed E-state index contributed by atoms with van der Waals surface area (Å²) in [6.07, 6.45) is 2.96. The number of aromatic nitrogens is 1. The van der Waals surface area contributed by atoms with E-state index in [1.54, 1.807) is 0 Å². The number of carbonyl (C=O) groups excluding carboxylic acids is 1. The lowest BCUT2D eigenvalue weighted by atomic mass is 9.90. The van der Waals surface area contributed by atoms with E-state index in [0.29, 0.717) is 6.54 Å². The fourth-order valence-corrected chi connectivity index (χ4v) is 3.83. The third-order valence-corrected chi connectivity index (χ3v) is 5.20. The quantitative estimate of drug-likeness (QED) is 0.527. The van der Waals surface area contributed by atoms with Gasteiger partial charge in [-0.25, -0.2) is 0 Å². The summed E-state index contributed by atoms with van der Waals surface area (Å²) in [5, 5.41) is 4.41. The van der Waals surface area contributed by atoms with Crippen LogP contribution in [0.4, 0.5) is 0 Å². The van der Waals surface area contributed by atoms with Gasteiger partial charge in [-0.05, 0) is 29.2 Å². The van der Waals surface area contributed by atoms with Crippen LogP contribution in [0.1, 0.15) is 22.6 Å². The Labute approximate surface area is 165 Å². The molecule has 1 N–H and O–H groups in total. The Kier molecular flexibility index (Phi) is 5.24. The number of benzene rings is 3. The number of hydrogen-bond acceptors (Lipinski definition) is 1. The number of nitrogens with zero attached hydrogens (tertiary/aromatic N) is 1. The maximum absolute atomic E-state index is 13.1. The predicted molar refractivity (Wildman–Crippen MR) is 114 cm³/mol. The van der Waals surface area contributed by atoms with Crippen molar-refractivity contribution in [1.82, 2.24) is 9.88 Å². The summed E-state index contributed by atoms with van der Waals surface area (Å²) in [7, 11) is 2.06. The first-order chi connectivity index (χ1) is 13.7. The molecule has 140 valence electrons. The van der Waals surface area contributed by atoms with Crippen molar-refractivity contribution < 1.29 is 4.79 Å². The van der Waals surface area contributed by atoms with Gasteiger partial charge < -0.3 is 9.88 Å². The van der Waals surface area contributed by atoms with Crippen LogP contribution < -0.4 is 5.32 Å². The van der Waals surface area contributed by atoms with Crippen LogP contribution >= 0.6 is 0 Å². The molecule has 1 aromatic heterocycles. The molecule has 0 atom stereocenters. The van der Waals surface area contributed by atoms with E-state index in [1.807, 2.05) is 60.7 Å². The number of amides is 1. The van der Waals surface area contributed by atoms with Gasteiger partial charge in [-0.15, -0.1) is 0 Å². The highest BCUT2D eigenvalue weighted by molar-refractivity contribution is 5.87. The maximum Gasteiger partial charge on any atom is 0.232 e. The Bertz CT molecular complexity index is 1030. The molecule has 0 aliphatic heterocycles. The van der Waals surface area contributed by atoms with Gasteiger partial charge in [-0.2, -0.15) is 0 Å². The highest BCUT2D eigenvalue weighted by Gasteiger charge is 2.22. The molecule has 0 unspecified atom stereocenters. The summed E-state index contributed by atoms with van der Waals surface area (Å²) >= 11 is 0. The average molecular weight is 368 g/mol. The van der Waals surface area contributed by atoms with Crippen LogP contribution in [-0.4, -0.2) is 17.0 Å². The zero-order valence-electron chi connectivity index (χ0n) is 16.0. The molecular weight excluding hydrogens is 344 g/mol. The molecule has 0 saturated carbocycles. The van der Waals surface area contributed by atoms with Gasteiger partial charge in [0.05, 0.1) is 5.92 Å². The van der Waals surface area contributed by atoms with Gasteiger partial charge in [0.15, 0.2) is 0 Å². The van der Waals surface area contributed by atoms with E-state index in [9.17, 15) is 4.79 Å². The Balaban J connectivity index is 1.50. The van der Waals surface area contributed by atoms with Gasteiger partial charge in [-0.1, -0.05) is 78.9 Å². The van der Waals surface area contributed by atoms with E-state index >= 15 is 0 Å². The molecule has 4 rings (SSSR count). The Morgan fingerprint density at radius 2 is 1.43 bits per heavy atom. The van der Waals surface area contributed by atoms with Crippen molar-refractivity contribution in [3.8, 4) is 0 Å². The molecule has 3 aromatic carbocycles. The van der Waals surface area contributed by atoms with Crippen LogP contribution in [0.3, 0.4) is 0 Å². The second kappa shape index (κ2) is 8.13. The highest BCUT2D eigenvalue weighted by Crippen LogP contribution is 2.25. The summed E-state index contributed by atoms with van der Waals surface area (Å²) in [6.45, 7) is 0.614. The van der Waals surface area contributed by atoms with Crippen LogP contribution in [-0.2, 0) is 18.3 Å². The predicted octanol–water partition coefficient (Wildman–Crippen LogP) is 4.67. The minimum absolute atomic E-state index is 0.0395. The Morgan fingerprint density at radius 1 is 0.857 bits per heavy atom. The summed E-state index contributed by atoms with van der Waals surface area (Å²) in [5.41, 5.74) is 4.50. The fourth-order valence-electron chi connectivity index (χ4n) is 3.83. The second-order valence-corrected chi connectivity index (χ2v) is 7.08. The molecule has 0 aliphatic rings. The van der Waals surface area contributed by atoms with Crippen molar-refractivity contribution in [3.05, 3.63) is 108 Å². The van der Waals surface area contributed by atoms with Crippen molar-refractivity contribution in [2.45, 2.75) is 12.3 Å². The van der Waals surface area contributed by atoms with E-state index < -0.39 is 0 Å². The smallest absolute Gasteiger partial charge is 0.232 e. The third-order valence-electron chi connectivity index (χ3n) is 5.20. The van der Waals surface area contributed by atoms with Gasteiger partial charge in [-0.3, -0.25) is 4.79 Å². The fraction of sp³-hybridized carbons (Fsp3) is 0.160. The topological polar surface area (TPSA) is 34.0 Å². The van der Waals surface area contributed by atoms with E-state index in [1.165, 1.54) is 16.5 Å². The molecular formula is C25H24N2O. The molecule has 0 aliphatic carbocycles. The van der Waals surface area contributed by atoms with E-state index in [0.717, 1.165) is 17.5 Å².